The maximum Gasteiger partial charge on any atom is 0.302 e. The first kappa shape index (κ1) is 19.2. The molecule has 1 N–H and O–H groups in total. The van der Waals surface area contributed by atoms with Crippen molar-refractivity contribution in [2.75, 3.05) is 0 Å². The molecular formula is C23H34O4. The number of Topliss-reactive ketones (excluding diaryl/α,β-unsaturated/α-hetero) is 1. The minimum Gasteiger partial charge on any atom is -0.462 e. The zero-order valence-electron chi connectivity index (χ0n) is 17.2. The minimum atomic E-state index is -0.732. The van der Waals surface area contributed by atoms with Gasteiger partial charge in [0.15, 0.2) is 0 Å². The lowest BCUT2D eigenvalue weighted by atomic mass is 9.45. The molecule has 0 aromatic carbocycles. The Bertz CT molecular complexity index is 696. The van der Waals surface area contributed by atoms with Crippen molar-refractivity contribution < 1.29 is 19.4 Å². The summed E-state index contributed by atoms with van der Waals surface area (Å²) in [5.74, 6) is 0.745. The highest BCUT2D eigenvalue weighted by Crippen LogP contribution is 2.68. The lowest BCUT2D eigenvalue weighted by Gasteiger charge is -2.61. The molecule has 3 saturated carbocycles. The zero-order valence-corrected chi connectivity index (χ0v) is 17.2. The van der Waals surface area contributed by atoms with Crippen molar-refractivity contribution in [3.8, 4) is 0 Å². The summed E-state index contributed by atoms with van der Waals surface area (Å²) in [6.07, 6.45) is 9.58. The molecule has 0 radical (unpaired) electrons. The Hall–Kier alpha value is -1.16. The smallest absolute Gasteiger partial charge is 0.302 e. The molecule has 0 heterocycles. The Balaban J connectivity index is 1.64. The van der Waals surface area contributed by atoms with E-state index in [4.69, 9.17) is 4.74 Å². The van der Waals surface area contributed by atoms with E-state index in [2.05, 4.69) is 19.9 Å². The number of fused-ring (bicyclic) bond motifs is 5. The van der Waals surface area contributed by atoms with Gasteiger partial charge in [-0.25, -0.2) is 0 Å². The zero-order chi connectivity index (χ0) is 19.6. The van der Waals surface area contributed by atoms with Crippen LogP contribution in [0.5, 0.6) is 0 Å². The third-order valence-corrected chi connectivity index (χ3v) is 9.07. The van der Waals surface area contributed by atoms with Crippen LogP contribution in [0.3, 0.4) is 0 Å². The van der Waals surface area contributed by atoms with Crippen LogP contribution >= 0.6 is 0 Å². The number of hydrogen-bond donors (Lipinski definition) is 1. The van der Waals surface area contributed by atoms with E-state index in [0.29, 0.717) is 5.92 Å². The van der Waals surface area contributed by atoms with E-state index in [9.17, 15) is 14.7 Å². The van der Waals surface area contributed by atoms with Crippen LogP contribution in [0.15, 0.2) is 11.6 Å². The normalized spacial score (nSPS) is 48.7. The van der Waals surface area contributed by atoms with Gasteiger partial charge in [0.1, 0.15) is 11.9 Å². The number of carbonyl (C=O) groups excluding carboxylic acids is 2. The van der Waals surface area contributed by atoms with Crippen molar-refractivity contribution in [1.82, 2.24) is 0 Å². The van der Waals surface area contributed by atoms with E-state index >= 15 is 0 Å². The number of ether oxygens (including phenoxy) is 1. The first-order valence-electron chi connectivity index (χ1n) is 10.7. The monoisotopic (exact) mass is 374 g/mol. The Morgan fingerprint density at radius 3 is 2.48 bits per heavy atom. The predicted molar refractivity (Wildman–Crippen MR) is 103 cm³/mol. The number of esters is 1. The van der Waals surface area contributed by atoms with E-state index in [1.54, 1.807) is 6.92 Å². The van der Waals surface area contributed by atoms with Gasteiger partial charge in [0.25, 0.3) is 0 Å². The molecule has 4 nitrogen and oxygen atoms in total. The number of rotatable bonds is 2. The average Bonchev–Trinajstić information content (AvgIpc) is 2.86. The maximum absolute atomic E-state index is 12.3. The summed E-state index contributed by atoms with van der Waals surface area (Å²) in [5.41, 5.74) is 0.501. The molecule has 0 amide bonds. The van der Waals surface area contributed by atoms with Crippen molar-refractivity contribution >= 4 is 11.8 Å². The van der Waals surface area contributed by atoms with Gasteiger partial charge in [-0.2, -0.15) is 0 Å². The van der Waals surface area contributed by atoms with Gasteiger partial charge in [0.2, 0.25) is 0 Å². The van der Waals surface area contributed by atoms with E-state index in [1.807, 2.05) is 0 Å². The lowest BCUT2D eigenvalue weighted by Crippen LogP contribution is -2.60. The Morgan fingerprint density at radius 1 is 1.07 bits per heavy atom. The van der Waals surface area contributed by atoms with Crippen LogP contribution in [0, 0.1) is 28.6 Å². The summed E-state index contributed by atoms with van der Waals surface area (Å²) in [5, 5.41) is 11.9. The van der Waals surface area contributed by atoms with Crippen molar-refractivity contribution in [2.45, 2.75) is 90.8 Å². The second-order valence-corrected chi connectivity index (χ2v) is 10.2. The van der Waals surface area contributed by atoms with Gasteiger partial charge in [0, 0.05) is 24.7 Å². The molecule has 0 saturated heterocycles. The molecule has 0 aromatic heterocycles. The summed E-state index contributed by atoms with van der Waals surface area (Å²) in [6, 6.07) is 0. The fourth-order valence-corrected chi connectivity index (χ4v) is 7.58. The summed E-state index contributed by atoms with van der Waals surface area (Å²) < 4.78 is 5.50. The third-order valence-electron chi connectivity index (χ3n) is 9.07. The van der Waals surface area contributed by atoms with Crippen LogP contribution in [0.25, 0.3) is 0 Å². The summed E-state index contributed by atoms with van der Waals surface area (Å²) in [7, 11) is 0. The minimum absolute atomic E-state index is 0.00124. The van der Waals surface area contributed by atoms with Crippen molar-refractivity contribution in [3.05, 3.63) is 11.6 Å². The molecule has 4 heteroatoms. The Kier molecular flexibility index (Phi) is 4.38. The molecule has 4 aliphatic rings. The van der Waals surface area contributed by atoms with Crippen molar-refractivity contribution in [3.63, 3.8) is 0 Å². The molecule has 27 heavy (non-hydrogen) atoms. The Labute approximate surface area is 162 Å². The summed E-state index contributed by atoms with van der Waals surface area (Å²) in [6.45, 7) is 7.72. The molecule has 7 atom stereocenters. The van der Waals surface area contributed by atoms with Crippen molar-refractivity contribution in [2.24, 2.45) is 28.6 Å². The molecule has 0 spiro atoms. The van der Waals surface area contributed by atoms with Gasteiger partial charge >= 0.3 is 5.97 Å². The first-order valence-corrected chi connectivity index (χ1v) is 10.7. The van der Waals surface area contributed by atoms with Gasteiger partial charge in [-0.1, -0.05) is 25.5 Å². The van der Waals surface area contributed by atoms with E-state index in [1.165, 1.54) is 12.5 Å². The lowest BCUT2D eigenvalue weighted by molar-refractivity contribution is -0.182. The number of ketones is 1. The second-order valence-electron chi connectivity index (χ2n) is 10.2. The van der Waals surface area contributed by atoms with E-state index in [-0.39, 0.29) is 40.5 Å². The fourth-order valence-electron chi connectivity index (χ4n) is 7.58. The highest BCUT2D eigenvalue weighted by Gasteiger charge is 2.66. The standard InChI is InChI=1S/C23H34O4/c1-14(24)18-9-12-23(26)20-6-5-16-13-17(27-15(2)25)7-10-21(16,3)19(20)8-11-22(18,23)4/h5,17-20,26H,6-13H2,1-4H3/t17-,18+,19-,20+,21-,22+,23-/m0/s1. The van der Waals surface area contributed by atoms with Crippen LogP contribution in [-0.2, 0) is 14.3 Å². The third kappa shape index (κ3) is 2.58. The van der Waals surface area contributed by atoms with Crippen LogP contribution in [0.2, 0.25) is 0 Å². The highest BCUT2D eigenvalue weighted by molar-refractivity contribution is 5.80. The van der Waals surface area contributed by atoms with Gasteiger partial charge in [-0.15, -0.1) is 0 Å². The molecule has 4 aliphatic carbocycles. The maximum atomic E-state index is 12.3. The Morgan fingerprint density at radius 2 is 1.81 bits per heavy atom. The van der Waals surface area contributed by atoms with Gasteiger partial charge in [0.05, 0.1) is 5.60 Å². The van der Waals surface area contributed by atoms with Gasteiger partial charge in [-0.3, -0.25) is 9.59 Å². The van der Waals surface area contributed by atoms with Crippen LogP contribution in [-0.4, -0.2) is 28.6 Å². The average molecular weight is 375 g/mol. The SMILES string of the molecule is CC(=O)O[C@H]1CC[C@@]2(C)C(=CC[C@@H]3[C@@H]2CC[C@]2(C)[C@@H](C(C)=O)CC[C@]32O)C1. The van der Waals surface area contributed by atoms with Crippen LogP contribution < -0.4 is 0 Å². The quantitative estimate of drug-likeness (QED) is 0.581. The molecule has 0 aromatic rings. The van der Waals surface area contributed by atoms with E-state index in [0.717, 1.165) is 51.4 Å². The largest absolute Gasteiger partial charge is 0.462 e. The summed E-state index contributed by atoms with van der Waals surface area (Å²) in [4.78, 5) is 23.6. The van der Waals surface area contributed by atoms with E-state index < -0.39 is 5.60 Å². The van der Waals surface area contributed by atoms with Gasteiger partial charge in [-0.05, 0) is 69.1 Å². The highest BCUT2D eigenvalue weighted by atomic mass is 16.5. The number of allylic oxidation sites excluding steroid dienone is 1. The molecular weight excluding hydrogens is 340 g/mol. The predicted octanol–water partition coefficient (Wildman–Crippen LogP) is 4.20. The number of hydrogen-bond acceptors (Lipinski definition) is 4. The van der Waals surface area contributed by atoms with Crippen LogP contribution in [0.4, 0.5) is 0 Å². The first-order chi connectivity index (χ1) is 12.6. The molecule has 3 fully saturated rings. The molecule has 4 rings (SSSR count). The number of aliphatic hydroxyl groups is 1. The molecule has 0 bridgehead atoms. The topological polar surface area (TPSA) is 63.6 Å². The second kappa shape index (κ2) is 6.17. The van der Waals surface area contributed by atoms with Crippen LogP contribution in [0.1, 0.15) is 79.1 Å². The molecule has 150 valence electrons. The number of carbonyl (C=O) groups is 2. The van der Waals surface area contributed by atoms with Crippen molar-refractivity contribution in [1.29, 1.82) is 0 Å². The fraction of sp³-hybridized carbons (Fsp3) is 0.826. The summed E-state index contributed by atoms with van der Waals surface area (Å²) >= 11 is 0. The molecule has 0 aliphatic heterocycles. The molecule has 0 unspecified atom stereocenters. The van der Waals surface area contributed by atoms with Gasteiger partial charge < -0.3 is 9.84 Å².